The van der Waals surface area contributed by atoms with Gasteiger partial charge in [0.15, 0.2) is 5.82 Å². The van der Waals surface area contributed by atoms with E-state index >= 15 is 0 Å². The fourth-order valence-corrected chi connectivity index (χ4v) is 2.72. The summed E-state index contributed by atoms with van der Waals surface area (Å²) in [6.07, 6.45) is 6.62. The van der Waals surface area contributed by atoms with Crippen molar-refractivity contribution in [3.8, 4) is 0 Å². The zero-order valence-electron chi connectivity index (χ0n) is 11.1. The molecular weight excluding hydrogens is 228 g/mol. The van der Waals surface area contributed by atoms with Crippen LogP contribution in [-0.4, -0.2) is 40.2 Å². The van der Waals surface area contributed by atoms with Crippen molar-refractivity contribution in [3.63, 3.8) is 0 Å². The third kappa shape index (κ3) is 3.09. The molecule has 1 unspecified atom stereocenters. The van der Waals surface area contributed by atoms with Crippen molar-refractivity contribution in [3.05, 3.63) is 11.7 Å². The normalized spacial score (nSPS) is 24.7. The molecule has 2 fully saturated rings. The average molecular weight is 250 g/mol. The van der Waals surface area contributed by atoms with Crippen LogP contribution in [0.5, 0.6) is 0 Å². The van der Waals surface area contributed by atoms with Crippen LogP contribution >= 0.6 is 0 Å². The zero-order chi connectivity index (χ0) is 12.4. The van der Waals surface area contributed by atoms with E-state index in [4.69, 9.17) is 4.52 Å². The molecule has 3 rings (SSSR count). The topological polar surface area (TPSA) is 54.2 Å². The van der Waals surface area contributed by atoms with E-state index in [9.17, 15) is 0 Å². The van der Waals surface area contributed by atoms with Gasteiger partial charge in [-0.05, 0) is 39.2 Å². The van der Waals surface area contributed by atoms with Crippen LogP contribution in [0.2, 0.25) is 0 Å². The van der Waals surface area contributed by atoms with Gasteiger partial charge >= 0.3 is 0 Å². The first kappa shape index (κ1) is 12.1. The Labute approximate surface area is 108 Å². The summed E-state index contributed by atoms with van der Waals surface area (Å²) in [7, 11) is 0. The summed E-state index contributed by atoms with van der Waals surface area (Å²) in [5.74, 6) is 1.49. The van der Waals surface area contributed by atoms with Gasteiger partial charge in [-0.1, -0.05) is 11.6 Å². The highest BCUT2D eigenvalue weighted by atomic mass is 16.5. The number of nitrogens with zero attached hydrogens (tertiary/aromatic N) is 3. The molecule has 1 aromatic heterocycles. The van der Waals surface area contributed by atoms with Gasteiger partial charge in [0.2, 0.25) is 5.89 Å². The van der Waals surface area contributed by atoms with Crippen LogP contribution in [0, 0.1) is 6.92 Å². The predicted molar refractivity (Wildman–Crippen MR) is 68.1 cm³/mol. The van der Waals surface area contributed by atoms with Crippen molar-refractivity contribution >= 4 is 0 Å². The summed E-state index contributed by atoms with van der Waals surface area (Å²) < 4.78 is 5.24. The van der Waals surface area contributed by atoms with Crippen molar-refractivity contribution < 1.29 is 4.52 Å². The molecule has 1 aliphatic heterocycles. The molecule has 1 N–H and O–H groups in total. The van der Waals surface area contributed by atoms with Crippen LogP contribution in [0.15, 0.2) is 4.52 Å². The van der Waals surface area contributed by atoms with E-state index in [1.807, 2.05) is 6.92 Å². The number of rotatable bonds is 5. The fourth-order valence-electron chi connectivity index (χ4n) is 2.72. The maximum absolute atomic E-state index is 5.24. The standard InChI is InChI=1S/C13H22N4O/c1-10-15-13(18-16-10)9-17(12-5-6-12)8-11-4-2-3-7-14-11/h11-12,14H,2-9H2,1H3. The Kier molecular flexibility index (Phi) is 3.61. The van der Waals surface area contributed by atoms with E-state index in [0.29, 0.717) is 6.04 Å². The van der Waals surface area contributed by atoms with Gasteiger partial charge in [-0.3, -0.25) is 4.90 Å². The molecule has 1 saturated heterocycles. The van der Waals surface area contributed by atoms with Crippen LogP contribution in [0.3, 0.4) is 0 Å². The molecule has 1 aliphatic carbocycles. The van der Waals surface area contributed by atoms with E-state index in [-0.39, 0.29) is 0 Å². The van der Waals surface area contributed by atoms with E-state index < -0.39 is 0 Å². The van der Waals surface area contributed by atoms with E-state index in [0.717, 1.165) is 30.8 Å². The minimum absolute atomic E-state index is 0.642. The van der Waals surface area contributed by atoms with Crippen LogP contribution in [0.1, 0.15) is 43.8 Å². The Morgan fingerprint density at radius 2 is 2.22 bits per heavy atom. The Bertz CT molecular complexity index is 382. The van der Waals surface area contributed by atoms with Crippen molar-refractivity contribution in [2.24, 2.45) is 0 Å². The van der Waals surface area contributed by atoms with Crippen LogP contribution in [0.25, 0.3) is 0 Å². The first-order valence-corrected chi connectivity index (χ1v) is 7.08. The highest BCUT2D eigenvalue weighted by Crippen LogP contribution is 2.28. The molecule has 1 aromatic rings. The van der Waals surface area contributed by atoms with Gasteiger partial charge in [0.05, 0.1) is 6.54 Å². The highest BCUT2D eigenvalue weighted by Gasteiger charge is 2.31. The molecule has 0 aromatic carbocycles. The van der Waals surface area contributed by atoms with Crippen LogP contribution < -0.4 is 5.32 Å². The molecule has 0 bridgehead atoms. The summed E-state index contributed by atoms with van der Waals surface area (Å²) in [6.45, 7) is 4.97. The smallest absolute Gasteiger partial charge is 0.240 e. The maximum atomic E-state index is 5.24. The Hall–Kier alpha value is -0.940. The fraction of sp³-hybridized carbons (Fsp3) is 0.846. The molecule has 5 heteroatoms. The van der Waals surface area contributed by atoms with Crippen LogP contribution in [-0.2, 0) is 6.54 Å². The number of nitrogens with one attached hydrogen (secondary N) is 1. The molecular formula is C13H22N4O. The van der Waals surface area contributed by atoms with E-state index in [2.05, 4.69) is 20.4 Å². The van der Waals surface area contributed by atoms with Gasteiger partial charge in [-0.2, -0.15) is 4.98 Å². The highest BCUT2D eigenvalue weighted by molar-refractivity contribution is 4.91. The van der Waals surface area contributed by atoms with E-state index in [1.165, 1.54) is 38.6 Å². The third-order valence-electron chi connectivity index (χ3n) is 3.84. The van der Waals surface area contributed by atoms with Crippen molar-refractivity contribution in [1.82, 2.24) is 20.4 Å². The Morgan fingerprint density at radius 1 is 1.33 bits per heavy atom. The summed E-state index contributed by atoms with van der Waals surface area (Å²) in [6, 6.07) is 1.38. The van der Waals surface area contributed by atoms with Crippen molar-refractivity contribution in [2.45, 2.75) is 57.7 Å². The third-order valence-corrected chi connectivity index (χ3v) is 3.84. The number of hydrogen-bond donors (Lipinski definition) is 1. The Balaban J connectivity index is 1.57. The van der Waals surface area contributed by atoms with Gasteiger partial charge in [0, 0.05) is 18.6 Å². The van der Waals surface area contributed by atoms with Gasteiger partial charge in [-0.15, -0.1) is 0 Å². The molecule has 18 heavy (non-hydrogen) atoms. The summed E-state index contributed by atoms with van der Waals surface area (Å²) in [5.41, 5.74) is 0. The number of aromatic nitrogens is 2. The maximum Gasteiger partial charge on any atom is 0.240 e. The monoisotopic (exact) mass is 250 g/mol. The molecule has 0 spiro atoms. The van der Waals surface area contributed by atoms with E-state index in [1.54, 1.807) is 0 Å². The molecule has 0 amide bonds. The predicted octanol–water partition coefficient (Wildman–Crippen LogP) is 1.48. The second kappa shape index (κ2) is 5.36. The average Bonchev–Trinajstić information content (AvgIpc) is 3.15. The number of piperidine rings is 1. The SMILES string of the molecule is Cc1noc(CN(CC2CCCCN2)C2CC2)n1. The molecule has 1 atom stereocenters. The second-order valence-electron chi connectivity index (χ2n) is 5.54. The van der Waals surface area contributed by atoms with Crippen molar-refractivity contribution in [1.29, 1.82) is 0 Å². The first-order chi connectivity index (χ1) is 8.81. The zero-order valence-corrected chi connectivity index (χ0v) is 11.1. The summed E-state index contributed by atoms with van der Waals surface area (Å²) in [4.78, 5) is 6.82. The van der Waals surface area contributed by atoms with Gasteiger partial charge in [-0.25, -0.2) is 0 Å². The summed E-state index contributed by atoms with van der Waals surface area (Å²) >= 11 is 0. The van der Waals surface area contributed by atoms with Gasteiger partial charge in [0.1, 0.15) is 0 Å². The lowest BCUT2D eigenvalue weighted by atomic mass is 10.0. The number of aryl methyl sites for hydroxylation is 1. The van der Waals surface area contributed by atoms with Gasteiger partial charge in [0.25, 0.3) is 0 Å². The lowest BCUT2D eigenvalue weighted by Crippen LogP contribution is -2.44. The number of hydrogen-bond acceptors (Lipinski definition) is 5. The molecule has 1 saturated carbocycles. The quantitative estimate of drug-likeness (QED) is 0.858. The molecule has 0 radical (unpaired) electrons. The van der Waals surface area contributed by atoms with Crippen molar-refractivity contribution in [2.75, 3.05) is 13.1 Å². The molecule has 2 heterocycles. The van der Waals surface area contributed by atoms with Crippen LogP contribution in [0.4, 0.5) is 0 Å². The lowest BCUT2D eigenvalue weighted by Gasteiger charge is -2.29. The minimum atomic E-state index is 0.642. The largest absolute Gasteiger partial charge is 0.338 e. The molecule has 2 aliphatic rings. The molecule has 5 nitrogen and oxygen atoms in total. The molecule has 100 valence electrons. The summed E-state index contributed by atoms with van der Waals surface area (Å²) in [5, 5.41) is 7.48. The second-order valence-corrected chi connectivity index (χ2v) is 5.54. The first-order valence-electron chi connectivity index (χ1n) is 7.08. The lowest BCUT2D eigenvalue weighted by molar-refractivity contribution is 0.184. The van der Waals surface area contributed by atoms with Gasteiger partial charge < -0.3 is 9.84 Å². The Morgan fingerprint density at radius 3 is 2.83 bits per heavy atom. The minimum Gasteiger partial charge on any atom is -0.338 e.